The molecule has 4 atom stereocenters. The minimum atomic E-state index is -0.419. The van der Waals surface area contributed by atoms with E-state index in [0.29, 0.717) is 36.7 Å². The number of hydrogen-bond acceptors (Lipinski definition) is 6. The number of rotatable bonds is 7. The van der Waals surface area contributed by atoms with E-state index in [2.05, 4.69) is 10.6 Å². The van der Waals surface area contributed by atoms with Crippen LogP contribution in [0.1, 0.15) is 24.8 Å². The third-order valence-electron chi connectivity index (χ3n) is 7.17. The lowest BCUT2D eigenvalue weighted by atomic mass is 9.75. The Labute approximate surface area is 212 Å². The van der Waals surface area contributed by atoms with E-state index >= 15 is 0 Å². The number of carbonyl (C=O) groups excluding carboxylic acids is 2. The summed E-state index contributed by atoms with van der Waals surface area (Å²) < 4.78 is 22.6. The van der Waals surface area contributed by atoms with Gasteiger partial charge in [0.1, 0.15) is 6.10 Å². The zero-order valence-corrected chi connectivity index (χ0v) is 21.2. The van der Waals surface area contributed by atoms with E-state index in [1.807, 2.05) is 42.5 Å². The highest BCUT2D eigenvalue weighted by Gasteiger charge is 2.45. The van der Waals surface area contributed by atoms with Gasteiger partial charge in [-0.3, -0.25) is 4.79 Å². The SMILES string of the molecule is COC1=CC=C2C(CC1=O)C(NC(=O)NCc1ccccc1)CCC1=CC(OC)=C(OC)C(OC)C12. The molecule has 1 aromatic rings. The molecule has 1 fully saturated rings. The molecule has 8 nitrogen and oxygen atoms in total. The molecule has 0 bridgehead atoms. The minimum Gasteiger partial charge on any atom is -0.494 e. The predicted octanol–water partition coefficient (Wildman–Crippen LogP) is 3.77. The van der Waals surface area contributed by atoms with Gasteiger partial charge < -0.3 is 29.6 Å². The summed E-state index contributed by atoms with van der Waals surface area (Å²) in [5.41, 5.74) is 3.13. The van der Waals surface area contributed by atoms with Crippen molar-refractivity contribution in [3.63, 3.8) is 0 Å². The molecule has 0 spiro atoms. The fourth-order valence-electron chi connectivity index (χ4n) is 5.44. The second-order valence-electron chi connectivity index (χ2n) is 9.08. The van der Waals surface area contributed by atoms with Crippen molar-refractivity contribution in [3.8, 4) is 0 Å². The average Bonchev–Trinajstić information content (AvgIpc) is 3.15. The summed E-state index contributed by atoms with van der Waals surface area (Å²) in [5.74, 6) is 1.04. The van der Waals surface area contributed by atoms with Gasteiger partial charge in [-0.2, -0.15) is 0 Å². The van der Waals surface area contributed by atoms with Gasteiger partial charge in [0.2, 0.25) is 0 Å². The maximum absolute atomic E-state index is 13.0. The van der Waals surface area contributed by atoms with Gasteiger partial charge in [0.05, 0.1) is 21.3 Å². The van der Waals surface area contributed by atoms with Gasteiger partial charge in [-0.05, 0) is 30.6 Å². The first-order chi connectivity index (χ1) is 17.5. The Bertz CT molecular complexity index is 1100. The van der Waals surface area contributed by atoms with Crippen molar-refractivity contribution in [2.45, 2.75) is 38.0 Å². The van der Waals surface area contributed by atoms with Crippen LogP contribution in [0.4, 0.5) is 4.79 Å². The number of carbonyl (C=O) groups is 2. The summed E-state index contributed by atoms with van der Waals surface area (Å²) in [6.07, 6.45) is 6.85. The summed E-state index contributed by atoms with van der Waals surface area (Å²) in [7, 11) is 6.35. The van der Waals surface area contributed by atoms with E-state index in [0.717, 1.165) is 16.7 Å². The van der Waals surface area contributed by atoms with Gasteiger partial charge >= 0.3 is 6.03 Å². The lowest BCUT2D eigenvalue weighted by molar-refractivity contribution is -0.119. The van der Waals surface area contributed by atoms with E-state index < -0.39 is 6.10 Å². The molecule has 4 rings (SSSR count). The molecule has 0 heterocycles. The normalized spacial score (nSPS) is 25.7. The van der Waals surface area contributed by atoms with Gasteiger partial charge in [0.15, 0.2) is 23.1 Å². The van der Waals surface area contributed by atoms with Crippen LogP contribution in [0.2, 0.25) is 0 Å². The zero-order valence-electron chi connectivity index (χ0n) is 21.2. The largest absolute Gasteiger partial charge is 0.494 e. The summed E-state index contributed by atoms with van der Waals surface area (Å²) in [6.45, 7) is 0.416. The number of fused-ring (bicyclic) bond motifs is 3. The molecule has 8 heteroatoms. The standard InChI is InChI=1S/C28H34N2O6/c1-33-23-13-11-19-20(15-22(23)31)21(30-28(32)29-16-17-8-6-5-7-9-17)12-10-18-14-24(34-2)26(35-3)27(36-4)25(18)19/h5-9,11,13-14,20-21,25,27H,10,12,15-16H2,1-4H3,(H2,29,30,32). The van der Waals surface area contributed by atoms with Crippen molar-refractivity contribution in [2.75, 3.05) is 28.4 Å². The minimum absolute atomic E-state index is 0.0949. The summed E-state index contributed by atoms with van der Waals surface area (Å²) in [4.78, 5) is 26.0. The first-order valence-corrected chi connectivity index (χ1v) is 12.1. The fraction of sp³-hybridized carbons (Fsp3) is 0.429. The molecule has 0 aromatic heterocycles. The molecule has 0 radical (unpaired) electrons. The van der Waals surface area contributed by atoms with Crippen LogP contribution < -0.4 is 10.6 Å². The summed E-state index contributed by atoms with van der Waals surface area (Å²) >= 11 is 0. The van der Waals surface area contributed by atoms with Crippen LogP contribution in [0, 0.1) is 11.8 Å². The molecule has 3 aliphatic carbocycles. The average molecular weight is 495 g/mol. The molecule has 4 unspecified atom stereocenters. The van der Waals surface area contributed by atoms with E-state index in [-0.39, 0.29) is 36.1 Å². The lowest BCUT2D eigenvalue weighted by Gasteiger charge is -2.36. The zero-order chi connectivity index (χ0) is 25.7. The fourth-order valence-corrected chi connectivity index (χ4v) is 5.44. The Hall–Kier alpha value is -3.52. The first kappa shape index (κ1) is 25.6. The third kappa shape index (κ3) is 5.18. The Morgan fingerprint density at radius 3 is 2.47 bits per heavy atom. The van der Waals surface area contributed by atoms with E-state index in [9.17, 15) is 9.59 Å². The molecule has 0 aliphatic heterocycles. The van der Waals surface area contributed by atoms with Crippen LogP contribution >= 0.6 is 0 Å². The molecule has 1 aromatic carbocycles. The van der Waals surface area contributed by atoms with Crippen molar-refractivity contribution in [3.05, 3.63) is 82.5 Å². The number of hydrogen-bond donors (Lipinski definition) is 2. The Kier molecular flexibility index (Phi) is 8.15. The molecule has 1 saturated carbocycles. The Morgan fingerprint density at radius 2 is 1.81 bits per heavy atom. The number of allylic oxidation sites excluding steroid dienone is 4. The Balaban J connectivity index is 1.65. The molecule has 0 saturated heterocycles. The second kappa shape index (κ2) is 11.5. The van der Waals surface area contributed by atoms with Gasteiger partial charge in [-0.25, -0.2) is 4.79 Å². The smallest absolute Gasteiger partial charge is 0.315 e. The number of benzene rings is 1. The van der Waals surface area contributed by atoms with Crippen LogP contribution in [0.3, 0.4) is 0 Å². The topological polar surface area (TPSA) is 95.1 Å². The van der Waals surface area contributed by atoms with Crippen LogP contribution in [-0.2, 0) is 30.3 Å². The molecular formula is C28H34N2O6. The molecule has 192 valence electrons. The quantitative estimate of drug-likeness (QED) is 0.599. The van der Waals surface area contributed by atoms with Crippen molar-refractivity contribution >= 4 is 11.8 Å². The van der Waals surface area contributed by atoms with Crippen molar-refractivity contribution in [1.82, 2.24) is 10.6 Å². The van der Waals surface area contributed by atoms with Gasteiger partial charge in [0, 0.05) is 38.0 Å². The first-order valence-electron chi connectivity index (χ1n) is 12.1. The van der Waals surface area contributed by atoms with Gasteiger partial charge in [0.25, 0.3) is 0 Å². The number of urea groups is 1. The molecule has 36 heavy (non-hydrogen) atoms. The number of amides is 2. The van der Waals surface area contributed by atoms with E-state index in [1.165, 1.54) is 7.11 Å². The Morgan fingerprint density at radius 1 is 1.03 bits per heavy atom. The second-order valence-corrected chi connectivity index (χ2v) is 9.08. The van der Waals surface area contributed by atoms with Crippen LogP contribution in [-0.4, -0.2) is 52.4 Å². The molecule has 2 N–H and O–H groups in total. The number of ketones is 1. The monoisotopic (exact) mass is 494 g/mol. The molecule has 3 aliphatic rings. The van der Waals surface area contributed by atoms with Crippen LogP contribution in [0.15, 0.2) is 77.0 Å². The van der Waals surface area contributed by atoms with E-state index in [1.54, 1.807) is 27.4 Å². The summed E-state index contributed by atoms with van der Waals surface area (Å²) in [6, 6.07) is 9.21. The number of Topliss-reactive ketones (excluding diaryl/α,β-unsaturated/α-hetero) is 1. The summed E-state index contributed by atoms with van der Waals surface area (Å²) in [5, 5.41) is 6.10. The van der Waals surface area contributed by atoms with Crippen molar-refractivity contribution < 1.29 is 28.5 Å². The van der Waals surface area contributed by atoms with Crippen molar-refractivity contribution in [1.29, 1.82) is 0 Å². The van der Waals surface area contributed by atoms with E-state index in [4.69, 9.17) is 18.9 Å². The highest BCUT2D eigenvalue weighted by molar-refractivity contribution is 5.94. The molecule has 2 amide bonds. The van der Waals surface area contributed by atoms with Gasteiger partial charge in [-0.15, -0.1) is 0 Å². The highest BCUT2D eigenvalue weighted by Crippen LogP contribution is 2.46. The maximum Gasteiger partial charge on any atom is 0.315 e. The number of methoxy groups -OCH3 is 4. The lowest BCUT2D eigenvalue weighted by Crippen LogP contribution is -2.46. The number of ether oxygens (including phenoxy) is 4. The van der Waals surface area contributed by atoms with Crippen molar-refractivity contribution in [2.24, 2.45) is 11.8 Å². The maximum atomic E-state index is 13.0. The van der Waals surface area contributed by atoms with Crippen LogP contribution in [0.5, 0.6) is 0 Å². The predicted molar refractivity (Wildman–Crippen MR) is 135 cm³/mol. The van der Waals surface area contributed by atoms with Crippen LogP contribution in [0.25, 0.3) is 0 Å². The number of nitrogens with one attached hydrogen (secondary N) is 2. The molecular weight excluding hydrogens is 460 g/mol. The third-order valence-corrected chi connectivity index (χ3v) is 7.17. The highest BCUT2D eigenvalue weighted by atomic mass is 16.5. The van der Waals surface area contributed by atoms with Gasteiger partial charge in [-0.1, -0.05) is 47.6 Å².